The minimum absolute atomic E-state index is 0.630. The highest BCUT2D eigenvalue weighted by Crippen LogP contribution is 2.62. The second-order valence-electron chi connectivity index (χ2n) is 22.5. The molecule has 74 heavy (non-hydrogen) atoms. The molecule has 0 atom stereocenters. The van der Waals surface area contributed by atoms with Crippen LogP contribution in [0.25, 0.3) is 0 Å². The Balaban J connectivity index is 0. The normalized spacial score (nSPS) is 11.8. The molecule has 0 spiro atoms. The first-order valence-electron chi connectivity index (χ1n) is 32.0. The van der Waals surface area contributed by atoms with Crippen molar-refractivity contribution >= 4 is 36.6 Å². The van der Waals surface area contributed by atoms with Crippen LogP contribution in [0.4, 0.5) is 0 Å². The molecule has 0 fully saturated rings. The Morgan fingerprint density at radius 2 is 0.514 bits per heavy atom. The summed E-state index contributed by atoms with van der Waals surface area (Å²) in [7, 11) is -6.26. The van der Waals surface area contributed by atoms with E-state index in [0.717, 1.165) is 18.2 Å². The Labute approximate surface area is 462 Å². The minimum Gasteiger partial charge on any atom is -0.545 e. The van der Waals surface area contributed by atoms with Crippen LogP contribution < -0.4 is 10.2 Å². The number of rotatable bonds is 51. The fraction of sp³-hybridized carbons (Fsp3) is 0.875. The molecule has 0 saturated carbocycles. The third kappa shape index (κ3) is 42.0. The lowest BCUT2D eigenvalue weighted by Gasteiger charge is -2.28. The molecule has 0 aliphatic heterocycles. The van der Waals surface area contributed by atoms with Crippen LogP contribution in [0.5, 0.6) is 0 Å². The van der Waals surface area contributed by atoms with Gasteiger partial charge in [0.25, 0.3) is 10.1 Å². The smallest absolute Gasteiger partial charge is 0.295 e. The Bertz CT molecular complexity index is 1380. The van der Waals surface area contributed by atoms with Gasteiger partial charge in [-0.2, -0.15) is 8.42 Å². The molecule has 7 nitrogen and oxygen atoms in total. The van der Waals surface area contributed by atoms with Crippen LogP contribution in [0.1, 0.15) is 333 Å². The van der Waals surface area contributed by atoms with E-state index in [9.17, 15) is 28.2 Å². The molecule has 1 aromatic rings. The Morgan fingerprint density at radius 1 is 0.338 bits per heavy atom. The van der Waals surface area contributed by atoms with Crippen molar-refractivity contribution in [3.05, 3.63) is 29.3 Å². The van der Waals surface area contributed by atoms with Gasteiger partial charge < -0.3 is 19.8 Å². The number of unbranched alkanes of at least 4 members (excludes halogenated alkanes) is 32. The van der Waals surface area contributed by atoms with Gasteiger partial charge in [-0.3, -0.25) is 4.55 Å². The molecule has 0 radical (unpaired) electrons. The van der Waals surface area contributed by atoms with Gasteiger partial charge in [-0.1, -0.05) is 266 Å². The molecule has 1 N–H and O–H groups in total. The second-order valence-corrected chi connectivity index (χ2v) is 32.8. The van der Waals surface area contributed by atoms with Gasteiger partial charge in [-0.15, -0.1) is 0 Å². The zero-order valence-corrected chi connectivity index (χ0v) is 53.0. The summed E-state index contributed by atoms with van der Waals surface area (Å²) in [6.07, 6.45) is 71.9. The summed E-state index contributed by atoms with van der Waals surface area (Å²) in [5, 5.41) is 21.1. The molecule has 0 saturated heterocycles. The molecule has 0 aromatic heterocycles. The lowest BCUT2D eigenvalue weighted by molar-refractivity contribution is -0.255. The van der Waals surface area contributed by atoms with Crippen LogP contribution in [0.15, 0.2) is 23.1 Å². The quantitative estimate of drug-likeness (QED) is 0.0390. The molecule has 0 aliphatic carbocycles. The van der Waals surface area contributed by atoms with Crippen molar-refractivity contribution in [2.75, 3.05) is 49.3 Å². The van der Waals surface area contributed by atoms with Crippen molar-refractivity contribution in [2.45, 2.75) is 317 Å². The molecule has 0 unspecified atom stereocenters. The van der Waals surface area contributed by atoms with E-state index < -0.39 is 52.6 Å². The summed E-state index contributed by atoms with van der Waals surface area (Å²) in [5.74, 6) is -3.84. The number of aromatic carboxylic acids is 2. The van der Waals surface area contributed by atoms with E-state index >= 15 is 0 Å². The number of benzene rings is 1. The van der Waals surface area contributed by atoms with Crippen LogP contribution in [-0.4, -0.2) is 74.2 Å². The average molecular weight is 1100 g/mol. The van der Waals surface area contributed by atoms with Gasteiger partial charge in [0.2, 0.25) is 0 Å². The Morgan fingerprint density at radius 3 is 0.689 bits per heavy atom. The predicted octanol–water partition coefficient (Wildman–Crippen LogP) is 19.4. The minimum atomic E-state index is -5.00. The van der Waals surface area contributed by atoms with Crippen LogP contribution >= 0.6 is 14.5 Å². The average Bonchev–Trinajstić information content (AvgIpc) is 3.39. The third-order valence-electron chi connectivity index (χ3n) is 15.6. The highest BCUT2D eigenvalue weighted by atomic mass is 32.2. The number of carboxylic acids is 2. The van der Waals surface area contributed by atoms with Crippen molar-refractivity contribution in [1.82, 2.24) is 0 Å². The summed E-state index contributed by atoms with van der Waals surface area (Å²) in [6, 6.07) is 2.58. The van der Waals surface area contributed by atoms with Gasteiger partial charge in [-0.25, -0.2) is 0 Å². The zero-order chi connectivity index (χ0) is 55.4. The van der Waals surface area contributed by atoms with Crippen molar-refractivity contribution in [1.29, 1.82) is 0 Å². The molecule has 0 amide bonds. The number of carbonyl (C=O) groups excluding carboxylic acids is 2. The Kier molecular flexibility index (Phi) is 53.3. The number of hydrogen-bond donors (Lipinski definition) is 1. The Hall–Kier alpha value is -1.07. The van der Waals surface area contributed by atoms with Crippen molar-refractivity contribution in [2.24, 2.45) is 0 Å². The molecular formula is C64H124O7P2S. The van der Waals surface area contributed by atoms with Gasteiger partial charge >= 0.3 is 0 Å². The van der Waals surface area contributed by atoms with Gasteiger partial charge in [-0.05, 0) is 64.2 Å². The largest absolute Gasteiger partial charge is 0.545 e. The van der Waals surface area contributed by atoms with Crippen LogP contribution in [-0.2, 0) is 10.1 Å². The monoisotopic (exact) mass is 1100 g/mol. The maximum atomic E-state index is 10.9. The maximum absolute atomic E-state index is 10.9. The van der Waals surface area contributed by atoms with Crippen molar-refractivity contribution in [3.63, 3.8) is 0 Å². The fourth-order valence-electron chi connectivity index (χ4n) is 10.7. The predicted molar refractivity (Wildman–Crippen MR) is 328 cm³/mol. The van der Waals surface area contributed by atoms with Crippen LogP contribution in [0, 0.1) is 0 Å². The van der Waals surface area contributed by atoms with E-state index in [2.05, 4.69) is 55.4 Å². The first-order valence-corrected chi connectivity index (χ1v) is 38.5. The molecule has 438 valence electrons. The SMILES string of the molecule is CCCCCCCCCCCCCCCC[P+](CCCC)(CCCC)CCCC.CCCCCCCCCCCCCCCC[P+](CCCC)(CCCC)CCCC.O=C([O-])c1cccc(C(=O)[O-])c1S(=O)(=O)O. The summed E-state index contributed by atoms with van der Waals surface area (Å²) in [5.41, 5.74) is -1.88. The first kappa shape index (κ1) is 75.0. The maximum Gasteiger partial charge on any atom is 0.295 e. The topological polar surface area (TPSA) is 135 Å². The summed E-state index contributed by atoms with van der Waals surface area (Å²) in [4.78, 5) is 19.8. The van der Waals surface area contributed by atoms with Crippen molar-refractivity contribution < 1.29 is 32.8 Å². The molecular weight excluding hydrogens is 975 g/mol. The van der Waals surface area contributed by atoms with E-state index in [1.807, 2.05) is 0 Å². The van der Waals surface area contributed by atoms with E-state index in [4.69, 9.17) is 4.55 Å². The van der Waals surface area contributed by atoms with E-state index in [1.54, 1.807) is 62.1 Å². The molecule has 0 bridgehead atoms. The van der Waals surface area contributed by atoms with Gasteiger partial charge in [0.05, 0.1) is 61.2 Å². The van der Waals surface area contributed by atoms with Crippen LogP contribution in [0.2, 0.25) is 0 Å². The number of carboxylic acid groups (broad SMARTS) is 2. The molecule has 10 heteroatoms. The summed E-state index contributed by atoms with van der Waals surface area (Å²) in [6.45, 7) is 19.0. The van der Waals surface area contributed by atoms with E-state index in [-0.39, 0.29) is 0 Å². The highest BCUT2D eigenvalue weighted by molar-refractivity contribution is 7.86. The van der Waals surface area contributed by atoms with Gasteiger partial charge in [0.15, 0.2) is 0 Å². The van der Waals surface area contributed by atoms with Gasteiger partial charge in [0.1, 0.15) is 4.90 Å². The van der Waals surface area contributed by atoms with E-state index in [1.165, 1.54) is 244 Å². The number of hydrogen-bond acceptors (Lipinski definition) is 6. The fourth-order valence-corrected chi connectivity index (χ4v) is 22.0. The highest BCUT2D eigenvalue weighted by Gasteiger charge is 2.35. The lowest BCUT2D eigenvalue weighted by Crippen LogP contribution is -2.29. The molecule has 0 aliphatic rings. The summed E-state index contributed by atoms with van der Waals surface area (Å²) >= 11 is 0. The van der Waals surface area contributed by atoms with E-state index in [0.29, 0.717) is 0 Å². The zero-order valence-electron chi connectivity index (χ0n) is 50.4. The van der Waals surface area contributed by atoms with Gasteiger partial charge in [0, 0.05) is 25.7 Å². The van der Waals surface area contributed by atoms with Crippen LogP contribution in [0.3, 0.4) is 0 Å². The summed E-state index contributed by atoms with van der Waals surface area (Å²) < 4.78 is 30.5. The molecule has 1 rings (SSSR count). The third-order valence-corrected chi connectivity index (χ3v) is 26.7. The second kappa shape index (κ2) is 52.6. The number of carbonyl (C=O) groups is 2. The first-order chi connectivity index (χ1) is 35.7. The van der Waals surface area contributed by atoms with Crippen molar-refractivity contribution in [3.8, 4) is 0 Å². The standard InChI is InChI=1S/2C28H60P.C8H6O7S/c2*1-5-9-13-14-15-16-17-18-19-20-21-22-23-24-28-29(25-10-6-2,26-11-7-3)27-12-8-4;9-7(10)4-2-1-3-5(8(11)12)6(4)16(13,14)15/h2*5-28H2,1-4H3;1-3H,(H,9,10)(H,11,12)(H,13,14,15)/q2*+1;/p-2. The molecule has 0 heterocycles. The lowest BCUT2D eigenvalue weighted by atomic mass is 10.0. The molecule has 1 aromatic carbocycles.